The number of ether oxygens (including phenoxy) is 1. The van der Waals surface area contributed by atoms with Gasteiger partial charge in [0.15, 0.2) is 5.78 Å². The molecular formula is C21H31F3N4O6. The van der Waals surface area contributed by atoms with E-state index in [0.717, 1.165) is 0 Å². The van der Waals surface area contributed by atoms with Crippen molar-refractivity contribution in [3.05, 3.63) is 0 Å². The highest BCUT2D eigenvalue weighted by Gasteiger charge is 2.37. The Hall–Kier alpha value is -2.70. The topological polar surface area (TPSA) is 143 Å². The Morgan fingerprint density at radius 3 is 2.26 bits per heavy atom. The summed E-state index contributed by atoms with van der Waals surface area (Å²) in [6.45, 7) is 3.07. The van der Waals surface area contributed by atoms with E-state index in [4.69, 9.17) is 0 Å². The van der Waals surface area contributed by atoms with E-state index in [-0.39, 0.29) is 24.7 Å². The average molecular weight is 492 g/mol. The lowest BCUT2D eigenvalue weighted by Crippen LogP contribution is -2.55. The van der Waals surface area contributed by atoms with Crippen molar-refractivity contribution in [2.45, 2.75) is 64.4 Å². The van der Waals surface area contributed by atoms with Crippen LogP contribution in [0.4, 0.5) is 13.2 Å². The fourth-order valence-electron chi connectivity index (χ4n) is 3.95. The number of amides is 4. The SMILES string of the molecule is CC(C)CC(NC(=O)C1CCCNC1=O)C(=O)NC(CC1CCNC1=O)C(=O)COC(F)(F)F. The van der Waals surface area contributed by atoms with Crippen LogP contribution in [0.2, 0.25) is 0 Å². The predicted octanol–water partition coefficient (Wildman–Crippen LogP) is 0.160. The normalized spacial score (nSPS) is 22.5. The fraction of sp³-hybridized carbons (Fsp3) is 0.762. The molecule has 0 saturated carbocycles. The minimum Gasteiger partial charge on any atom is -0.356 e. The van der Waals surface area contributed by atoms with E-state index < -0.39 is 60.4 Å². The largest absolute Gasteiger partial charge is 0.522 e. The van der Waals surface area contributed by atoms with Crippen molar-refractivity contribution >= 4 is 29.4 Å². The highest BCUT2D eigenvalue weighted by molar-refractivity contribution is 6.02. The zero-order chi connectivity index (χ0) is 25.5. The molecule has 0 aromatic carbocycles. The lowest BCUT2D eigenvalue weighted by Gasteiger charge is -2.27. The Labute approximate surface area is 195 Å². The molecule has 2 fully saturated rings. The number of carbonyl (C=O) groups excluding carboxylic acids is 5. The third-order valence-electron chi connectivity index (χ3n) is 5.71. The summed E-state index contributed by atoms with van der Waals surface area (Å²) in [4.78, 5) is 62.0. The summed E-state index contributed by atoms with van der Waals surface area (Å²) in [5, 5.41) is 10.1. The number of ketones is 1. The van der Waals surface area contributed by atoms with E-state index >= 15 is 0 Å². The van der Waals surface area contributed by atoms with Crippen molar-refractivity contribution < 1.29 is 41.9 Å². The standard InChI is InChI=1S/C21H31F3N4O6/c1-11(2)8-15(28-19(32)13-4-3-6-25-18(13)31)20(33)27-14(9-12-5-7-26-17(12)30)16(29)10-34-21(22,23)24/h11-15H,3-10H2,1-2H3,(H,25,31)(H,26,30)(H,27,33)(H,28,32). The number of piperidine rings is 1. The second-order valence-corrected chi connectivity index (χ2v) is 8.95. The molecule has 2 aliphatic rings. The minimum atomic E-state index is -5.04. The van der Waals surface area contributed by atoms with Crippen LogP contribution in [-0.2, 0) is 28.7 Å². The van der Waals surface area contributed by atoms with Gasteiger partial charge in [0.2, 0.25) is 23.6 Å². The molecule has 4 amide bonds. The van der Waals surface area contributed by atoms with E-state index in [0.29, 0.717) is 32.4 Å². The number of alkyl halides is 3. The molecule has 192 valence electrons. The van der Waals surface area contributed by atoms with Gasteiger partial charge in [-0.3, -0.25) is 28.7 Å². The van der Waals surface area contributed by atoms with Crippen LogP contribution in [0.15, 0.2) is 0 Å². The summed E-state index contributed by atoms with van der Waals surface area (Å²) in [6.07, 6.45) is -3.80. The summed E-state index contributed by atoms with van der Waals surface area (Å²) >= 11 is 0. The third-order valence-corrected chi connectivity index (χ3v) is 5.71. The van der Waals surface area contributed by atoms with E-state index in [2.05, 4.69) is 26.0 Å². The van der Waals surface area contributed by atoms with Gasteiger partial charge in [-0.25, -0.2) is 0 Å². The predicted molar refractivity (Wildman–Crippen MR) is 112 cm³/mol. The monoisotopic (exact) mass is 492 g/mol. The molecule has 0 aliphatic carbocycles. The first kappa shape index (κ1) is 27.5. The Morgan fingerprint density at radius 2 is 1.71 bits per heavy atom. The molecule has 2 aliphatic heterocycles. The highest BCUT2D eigenvalue weighted by Crippen LogP contribution is 2.20. The maximum atomic E-state index is 13.0. The van der Waals surface area contributed by atoms with Crippen LogP contribution in [-0.4, -0.2) is 67.6 Å². The molecule has 2 heterocycles. The third kappa shape index (κ3) is 8.58. The summed E-state index contributed by atoms with van der Waals surface area (Å²) < 4.78 is 40.9. The molecule has 4 unspecified atom stereocenters. The number of carbonyl (C=O) groups is 5. The van der Waals surface area contributed by atoms with Crippen molar-refractivity contribution in [3.8, 4) is 0 Å². The number of rotatable bonds is 11. The Kier molecular flexibility index (Phi) is 9.83. The average Bonchev–Trinajstić information content (AvgIpc) is 3.14. The van der Waals surface area contributed by atoms with Crippen molar-refractivity contribution in [1.29, 1.82) is 0 Å². The molecule has 34 heavy (non-hydrogen) atoms. The van der Waals surface area contributed by atoms with Gasteiger partial charge in [0.1, 0.15) is 18.6 Å². The van der Waals surface area contributed by atoms with E-state index in [1.54, 1.807) is 13.8 Å². The van der Waals surface area contributed by atoms with Crippen LogP contribution in [0, 0.1) is 17.8 Å². The lowest BCUT2D eigenvalue weighted by molar-refractivity contribution is -0.321. The molecule has 10 nitrogen and oxygen atoms in total. The van der Waals surface area contributed by atoms with Crippen LogP contribution in [0.25, 0.3) is 0 Å². The van der Waals surface area contributed by atoms with Gasteiger partial charge >= 0.3 is 6.36 Å². The van der Waals surface area contributed by atoms with E-state index in [1.165, 1.54) is 0 Å². The van der Waals surface area contributed by atoms with Crippen LogP contribution < -0.4 is 21.3 Å². The summed E-state index contributed by atoms with van der Waals surface area (Å²) in [5.41, 5.74) is 0. The number of Topliss-reactive ketones (excluding diaryl/α,β-unsaturated/α-hetero) is 1. The summed E-state index contributed by atoms with van der Waals surface area (Å²) in [5.74, 6) is -4.99. The van der Waals surface area contributed by atoms with E-state index in [9.17, 15) is 37.1 Å². The van der Waals surface area contributed by atoms with Gasteiger partial charge in [-0.05, 0) is 38.0 Å². The second-order valence-electron chi connectivity index (χ2n) is 8.95. The smallest absolute Gasteiger partial charge is 0.356 e. The van der Waals surface area contributed by atoms with Gasteiger partial charge in [0.25, 0.3) is 0 Å². The Balaban J connectivity index is 2.12. The second kappa shape index (κ2) is 12.1. The first-order valence-corrected chi connectivity index (χ1v) is 11.3. The van der Waals surface area contributed by atoms with Gasteiger partial charge in [-0.15, -0.1) is 13.2 Å². The van der Waals surface area contributed by atoms with Crippen molar-refractivity contribution in [2.75, 3.05) is 19.7 Å². The van der Waals surface area contributed by atoms with Crippen LogP contribution in [0.5, 0.6) is 0 Å². The zero-order valence-corrected chi connectivity index (χ0v) is 19.1. The molecule has 0 spiro atoms. The molecule has 0 radical (unpaired) electrons. The zero-order valence-electron chi connectivity index (χ0n) is 19.1. The number of halogens is 3. The molecule has 0 aromatic heterocycles. The molecule has 0 aromatic rings. The number of hydrogen-bond acceptors (Lipinski definition) is 6. The van der Waals surface area contributed by atoms with Gasteiger partial charge in [0, 0.05) is 19.0 Å². The molecule has 13 heteroatoms. The molecule has 4 atom stereocenters. The van der Waals surface area contributed by atoms with Crippen molar-refractivity contribution in [3.63, 3.8) is 0 Å². The quantitative estimate of drug-likeness (QED) is 0.303. The van der Waals surface area contributed by atoms with Crippen LogP contribution in [0.3, 0.4) is 0 Å². The minimum absolute atomic E-state index is 0.0699. The molecule has 0 bridgehead atoms. The number of hydrogen-bond donors (Lipinski definition) is 4. The molecule has 2 saturated heterocycles. The van der Waals surface area contributed by atoms with Gasteiger partial charge in [-0.2, -0.15) is 0 Å². The molecule has 4 N–H and O–H groups in total. The first-order valence-electron chi connectivity index (χ1n) is 11.3. The first-order chi connectivity index (χ1) is 15.9. The van der Waals surface area contributed by atoms with Crippen LogP contribution >= 0.6 is 0 Å². The van der Waals surface area contributed by atoms with Gasteiger partial charge in [-0.1, -0.05) is 13.8 Å². The van der Waals surface area contributed by atoms with Crippen molar-refractivity contribution in [1.82, 2.24) is 21.3 Å². The highest BCUT2D eigenvalue weighted by atomic mass is 19.4. The lowest BCUT2D eigenvalue weighted by atomic mass is 9.94. The summed E-state index contributed by atoms with van der Waals surface area (Å²) in [7, 11) is 0. The maximum Gasteiger partial charge on any atom is 0.522 e. The number of nitrogens with one attached hydrogen (secondary N) is 4. The Morgan fingerprint density at radius 1 is 1.03 bits per heavy atom. The van der Waals surface area contributed by atoms with E-state index in [1.807, 2.05) is 0 Å². The fourth-order valence-corrected chi connectivity index (χ4v) is 3.95. The molecule has 2 rings (SSSR count). The van der Waals surface area contributed by atoms with Crippen LogP contribution in [0.1, 0.15) is 46.0 Å². The Bertz CT molecular complexity index is 789. The van der Waals surface area contributed by atoms with Gasteiger partial charge < -0.3 is 21.3 Å². The molecular weight excluding hydrogens is 461 g/mol. The maximum absolute atomic E-state index is 13.0. The summed E-state index contributed by atoms with van der Waals surface area (Å²) in [6, 6.07) is -2.55. The van der Waals surface area contributed by atoms with Gasteiger partial charge in [0.05, 0.1) is 6.04 Å². The van der Waals surface area contributed by atoms with Crippen molar-refractivity contribution in [2.24, 2.45) is 17.8 Å².